The normalized spacial score (nSPS) is 10.9. The van der Waals surface area contributed by atoms with Crippen LogP contribution in [0.25, 0.3) is 28.2 Å². The molecule has 0 saturated heterocycles. The predicted octanol–water partition coefficient (Wildman–Crippen LogP) is 5.64. The zero-order valence-electron chi connectivity index (χ0n) is 15.8. The van der Waals surface area contributed by atoms with Gasteiger partial charge in [-0.3, -0.25) is 9.38 Å². The second-order valence-corrected chi connectivity index (χ2v) is 6.78. The van der Waals surface area contributed by atoms with Crippen LogP contribution in [-0.4, -0.2) is 14.4 Å². The van der Waals surface area contributed by atoms with Crippen LogP contribution in [0.3, 0.4) is 0 Å². The highest BCUT2D eigenvalue weighted by molar-refractivity contribution is 5.81. The summed E-state index contributed by atoms with van der Waals surface area (Å²) in [6.45, 7) is 0.534. The van der Waals surface area contributed by atoms with Gasteiger partial charge in [0.1, 0.15) is 18.2 Å². The van der Waals surface area contributed by atoms with Crippen LogP contribution in [0.15, 0.2) is 104 Å². The molecule has 0 atom stereocenters. The van der Waals surface area contributed by atoms with Crippen LogP contribution in [0, 0.1) is 0 Å². The van der Waals surface area contributed by atoms with Crippen molar-refractivity contribution in [3.05, 3.63) is 109 Å². The van der Waals surface area contributed by atoms with Crippen molar-refractivity contribution in [2.75, 3.05) is 0 Å². The van der Waals surface area contributed by atoms with Gasteiger partial charge < -0.3 is 4.74 Å². The Bertz CT molecular complexity index is 1250. The molecule has 0 unspecified atom stereocenters. The molecule has 4 nitrogen and oxygen atoms in total. The molecule has 0 N–H and O–H groups in total. The van der Waals surface area contributed by atoms with E-state index in [1.54, 1.807) is 6.20 Å². The quantitative estimate of drug-likeness (QED) is 0.398. The van der Waals surface area contributed by atoms with Crippen LogP contribution in [0.5, 0.6) is 5.75 Å². The van der Waals surface area contributed by atoms with Crippen molar-refractivity contribution in [3.63, 3.8) is 0 Å². The molecule has 140 valence electrons. The summed E-state index contributed by atoms with van der Waals surface area (Å²) in [7, 11) is 0. The van der Waals surface area contributed by atoms with Gasteiger partial charge in [0, 0.05) is 23.5 Å². The molecule has 0 aliphatic heterocycles. The molecule has 5 rings (SSSR count). The number of hydrogen-bond donors (Lipinski definition) is 0. The standard InChI is InChI=1S/C25H19N3O/c1-3-8-19(9-4-1)18-29-22-13-7-12-21(16-22)25-27-24(20-10-5-2-6-11-20)23-17-26-14-15-28(23)25/h1-17H,18H2. The van der Waals surface area contributed by atoms with Gasteiger partial charge in [-0.15, -0.1) is 0 Å². The lowest BCUT2D eigenvalue weighted by atomic mass is 10.1. The minimum atomic E-state index is 0.534. The van der Waals surface area contributed by atoms with Crippen LogP contribution < -0.4 is 4.74 Å². The highest BCUT2D eigenvalue weighted by Gasteiger charge is 2.14. The number of nitrogens with zero attached hydrogens (tertiary/aromatic N) is 3. The summed E-state index contributed by atoms with van der Waals surface area (Å²) in [6.07, 6.45) is 5.58. The van der Waals surface area contributed by atoms with Gasteiger partial charge in [-0.05, 0) is 17.7 Å². The zero-order valence-corrected chi connectivity index (χ0v) is 15.8. The van der Waals surface area contributed by atoms with E-state index in [4.69, 9.17) is 9.72 Å². The molecule has 0 bridgehead atoms. The first-order chi connectivity index (χ1) is 14.4. The van der Waals surface area contributed by atoms with Crippen molar-refractivity contribution in [2.45, 2.75) is 6.61 Å². The molecule has 2 aromatic heterocycles. The molecule has 0 fully saturated rings. The molecule has 0 saturated carbocycles. The van der Waals surface area contributed by atoms with E-state index in [0.717, 1.165) is 39.5 Å². The fourth-order valence-electron chi connectivity index (χ4n) is 3.42. The van der Waals surface area contributed by atoms with E-state index in [0.29, 0.717) is 6.61 Å². The summed E-state index contributed by atoms with van der Waals surface area (Å²) < 4.78 is 8.08. The van der Waals surface area contributed by atoms with Gasteiger partial charge in [0.15, 0.2) is 0 Å². The number of hydrogen-bond acceptors (Lipinski definition) is 3. The van der Waals surface area contributed by atoms with Gasteiger partial charge in [0.2, 0.25) is 0 Å². The average molecular weight is 377 g/mol. The van der Waals surface area contributed by atoms with E-state index in [2.05, 4.69) is 39.7 Å². The highest BCUT2D eigenvalue weighted by atomic mass is 16.5. The Morgan fingerprint density at radius 2 is 1.55 bits per heavy atom. The third-order valence-electron chi connectivity index (χ3n) is 4.83. The van der Waals surface area contributed by atoms with Gasteiger partial charge in [0.25, 0.3) is 0 Å². The van der Waals surface area contributed by atoms with E-state index in [9.17, 15) is 0 Å². The molecule has 2 heterocycles. The first-order valence-corrected chi connectivity index (χ1v) is 9.53. The maximum Gasteiger partial charge on any atom is 0.145 e. The van der Waals surface area contributed by atoms with Gasteiger partial charge >= 0.3 is 0 Å². The second kappa shape index (κ2) is 7.60. The van der Waals surface area contributed by atoms with Crippen molar-refractivity contribution < 1.29 is 4.74 Å². The second-order valence-electron chi connectivity index (χ2n) is 6.78. The Morgan fingerprint density at radius 1 is 0.793 bits per heavy atom. The van der Waals surface area contributed by atoms with Crippen LogP contribution in [0.1, 0.15) is 5.56 Å². The smallest absolute Gasteiger partial charge is 0.145 e. The molecule has 0 aliphatic carbocycles. The molecule has 0 spiro atoms. The van der Waals surface area contributed by atoms with E-state index in [1.165, 1.54) is 0 Å². The molecule has 4 heteroatoms. The first-order valence-electron chi connectivity index (χ1n) is 9.53. The van der Waals surface area contributed by atoms with E-state index < -0.39 is 0 Å². The van der Waals surface area contributed by atoms with Crippen LogP contribution in [0.4, 0.5) is 0 Å². The van der Waals surface area contributed by atoms with Crippen LogP contribution in [0.2, 0.25) is 0 Å². The fourth-order valence-corrected chi connectivity index (χ4v) is 3.42. The number of aromatic nitrogens is 3. The summed E-state index contributed by atoms with van der Waals surface area (Å²) in [5.74, 6) is 1.69. The summed E-state index contributed by atoms with van der Waals surface area (Å²) >= 11 is 0. The Hall–Kier alpha value is -3.92. The minimum Gasteiger partial charge on any atom is -0.489 e. The lowest BCUT2D eigenvalue weighted by molar-refractivity contribution is 0.306. The van der Waals surface area contributed by atoms with Gasteiger partial charge in [-0.2, -0.15) is 0 Å². The monoisotopic (exact) mass is 377 g/mol. The Morgan fingerprint density at radius 3 is 2.38 bits per heavy atom. The van der Waals surface area contributed by atoms with Crippen molar-refractivity contribution in [3.8, 4) is 28.4 Å². The average Bonchev–Trinajstić information content (AvgIpc) is 3.19. The van der Waals surface area contributed by atoms with Gasteiger partial charge in [0.05, 0.1) is 17.4 Å². The number of imidazole rings is 1. The van der Waals surface area contributed by atoms with Crippen LogP contribution in [-0.2, 0) is 6.61 Å². The van der Waals surface area contributed by atoms with Crippen molar-refractivity contribution in [2.24, 2.45) is 0 Å². The van der Waals surface area contributed by atoms with Crippen molar-refractivity contribution in [1.29, 1.82) is 0 Å². The summed E-state index contributed by atoms with van der Waals surface area (Å²) in [5, 5.41) is 0. The van der Waals surface area contributed by atoms with Gasteiger partial charge in [-0.25, -0.2) is 4.98 Å². The lowest BCUT2D eigenvalue weighted by Crippen LogP contribution is -1.95. The SMILES string of the molecule is c1ccc(COc2cccc(-c3nc(-c4ccccc4)c4cnccn34)c2)cc1. The number of benzene rings is 3. The van der Waals surface area contributed by atoms with Crippen molar-refractivity contribution in [1.82, 2.24) is 14.4 Å². The fraction of sp³-hybridized carbons (Fsp3) is 0.0400. The zero-order chi connectivity index (χ0) is 19.5. The number of rotatable bonds is 5. The third kappa shape index (κ3) is 3.48. The Kier molecular flexibility index (Phi) is 4.51. The lowest BCUT2D eigenvalue weighted by Gasteiger charge is -2.08. The van der Waals surface area contributed by atoms with E-state index >= 15 is 0 Å². The van der Waals surface area contributed by atoms with E-state index in [-0.39, 0.29) is 0 Å². The maximum atomic E-state index is 6.01. The molecular formula is C25H19N3O. The molecule has 5 aromatic rings. The molecule has 3 aromatic carbocycles. The molecule has 0 radical (unpaired) electrons. The summed E-state index contributed by atoms with van der Waals surface area (Å²) in [5.41, 5.74) is 5.11. The molecule has 0 amide bonds. The minimum absolute atomic E-state index is 0.534. The van der Waals surface area contributed by atoms with Gasteiger partial charge in [-0.1, -0.05) is 72.8 Å². The summed E-state index contributed by atoms with van der Waals surface area (Å²) in [6, 6.07) is 28.4. The van der Waals surface area contributed by atoms with E-state index in [1.807, 2.05) is 67.0 Å². The summed E-state index contributed by atoms with van der Waals surface area (Å²) in [4.78, 5) is 9.26. The Balaban J connectivity index is 1.53. The maximum absolute atomic E-state index is 6.01. The molecular weight excluding hydrogens is 358 g/mol. The number of fused-ring (bicyclic) bond motifs is 1. The Labute approximate surface area is 169 Å². The largest absolute Gasteiger partial charge is 0.489 e. The molecule has 29 heavy (non-hydrogen) atoms. The molecule has 0 aliphatic rings. The highest BCUT2D eigenvalue weighted by Crippen LogP contribution is 2.30. The number of ether oxygens (including phenoxy) is 1. The first kappa shape index (κ1) is 17.2. The topological polar surface area (TPSA) is 39.4 Å². The predicted molar refractivity (Wildman–Crippen MR) is 115 cm³/mol. The third-order valence-corrected chi connectivity index (χ3v) is 4.83. The van der Waals surface area contributed by atoms with Crippen molar-refractivity contribution >= 4 is 5.52 Å². The van der Waals surface area contributed by atoms with Crippen LogP contribution >= 0.6 is 0 Å².